The Morgan fingerprint density at radius 2 is 1.78 bits per heavy atom. The highest BCUT2D eigenvalue weighted by atomic mass is 35.5. The molecule has 3 nitrogen and oxygen atoms in total. The quantitative estimate of drug-likeness (QED) is 0.849. The van der Waals surface area contributed by atoms with E-state index in [9.17, 15) is 4.79 Å². The van der Waals surface area contributed by atoms with Gasteiger partial charge in [0.05, 0.1) is 0 Å². The summed E-state index contributed by atoms with van der Waals surface area (Å²) in [7, 11) is 0. The molecule has 0 radical (unpaired) electrons. The number of hydrogen-bond donors (Lipinski definition) is 1. The third-order valence-corrected chi connectivity index (χ3v) is 5.48. The van der Waals surface area contributed by atoms with Crippen LogP contribution in [0.15, 0.2) is 18.2 Å². The standard InChI is InChI=1S/C18H26Cl2N2O/c1-12(2)13(3)21-18(23)14-7-9-22(10-8-14)11-15-16(19)5-4-6-17(15)20/h4-6,12-14H,7-11H2,1-3H3,(H,21,23)/t13-/m0/s1. The second kappa shape index (κ2) is 8.36. The molecule has 1 aromatic carbocycles. The Kier molecular flexibility index (Phi) is 6.75. The maximum Gasteiger partial charge on any atom is 0.223 e. The third kappa shape index (κ3) is 5.10. The van der Waals surface area contributed by atoms with E-state index in [1.54, 1.807) is 0 Å². The zero-order valence-corrected chi connectivity index (χ0v) is 15.6. The summed E-state index contributed by atoms with van der Waals surface area (Å²) in [6.45, 7) is 8.86. The molecule has 0 aromatic heterocycles. The smallest absolute Gasteiger partial charge is 0.223 e. The van der Waals surface area contributed by atoms with E-state index in [2.05, 4.69) is 31.0 Å². The van der Waals surface area contributed by atoms with E-state index in [-0.39, 0.29) is 17.9 Å². The molecule has 1 fully saturated rings. The molecule has 1 aliphatic rings. The second-order valence-corrected chi connectivity index (χ2v) is 7.61. The van der Waals surface area contributed by atoms with Gasteiger partial charge >= 0.3 is 0 Å². The summed E-state index contributed by atoms with van der Waals surface area (Å²) in [5.41, 5.74) is 0.979. The number of carbonyl (C=O) groups excluding carboxylic acids is 1. The van der Waals surface area contributed by atoms with E-state index in [4.69, 9.17) is 23.2 Å². The minimum absolute atomic E-state index is 0.120. The van der Waals surface area contributed by atoms with Crippen molar-refractivity contribution in [3.8, 4) is 0 Å². The van der Waals surface area contributed by atoms with Crippen molar-refractivity contribution < 1.29 is 4.79 Å². The Labute approximate surface area is 149 Å². The van der Waals surface area contributed by atoms with Crippen molar-refractivity contribution in [2.75, 3.05) is 13.1 Å². The first-order valence-corrected chi connectivity index (χ1v) is 9.09. The highest BCUT2D eigenvalue weighted by molar-refractivity contribution is 6.35. The number of rotatable bonds is 5. The summed E-state index contributed by atoms with van der Waals surface area (Å²) in [4.78, 5) is 14.6. The molecule has 0 spiro atoms. The first kappa shape index (κ1) is 18.6. The molecule has 0 saturated carbocycles. The van der Waals surface area contributed by atoms with Gasteiger partial charge in [0.1, 0.15) is 0 Å². The number of hydrogen-bond acceptors (Lipinski definition) is 2. The van der Waals surface area contributed by atoms with Crippen LogP contribution in [0.4, 0.5) is 0 Å². The van der Waals surface area contributed by atoms with Crippen molar-refractivity contribution in [1.82, 2.24) is 10.2 Å². The molecule has 1 atom stereocenters. The van der Waals surface area contributed by atoms with Gasteiger partial charge in [-0.3, -0.25) is 9.69 Å². The largest absolute Gasteiger partial charge is 0.353 e. The third-order valence-electron chi connectivity index (χ3n) is 4.77. The Bertz CT molecular complexity index is 520. The summed E-state index contributed by atoms with van der Waals surface area (Å²) < 4.78 is 0. The number of nitrogens with one attached hydrogen (secondary N) is 1. The lowest BCUT2D eigenvalue weighted by Gasteiger charge is -2.32. The fourth-order valence-electron chi connectivity index (χ4n) is 2.77. The van der Waals surface area contributed by atoms with E-state index in [1.807, 2.05) is 18.2 Å². The Morgan fingerprint density at radius 1 is 1.22 bits per heavy atom. The summed E-state index contributed by atoms with van der Waals surface area (Å²) >= 11 is 12.5. The molecule has 128 valence electrons. The van der Waals surface area contributed by atoms with Gasteiger partial charge in [0, 0.05) is 34.1 Å². The average molecular weight is 357 g/mol. The average Bonchev–Trinajstić information content (AvgIpc) is 2.51. The van der Waals surface area contributed by atoms with Gasteiger partial charge in [-0.05, 0) is 50.9 Å². The minimum Gasteiger partial charge on any atom is -0.353 e. The van der Waals surface area contributed by atoms with Crippen LogP contribution in [0.25, 0.3) is 0 Å². The van der Waals surface area contributed by atoms with Gasteiger partial charge < -0.3 is 5.32 Å². The number of nitrogens with zero attached hydrogens (tertiary/aromatic N) is 1. The van der Waals surface area contributed by atoms with Crippen LogP contribution in [0.5, 0.6) is 0 Å². The van der Waals surface area contributed by atoms with Crippen molar-refractivity contribution in [3.05, 3.63) is 33.8 Å². The zero-order valence-electron chi connectivity index (χ0n) is 14.1. The van der Waals surface area contributed by atoms with E-state index >= 15 is 0 Å². The molecule has 1 saturated heterocycles. The van der Waals surface area contributed by atoms with Crippen LogP contribution < -0.4 is 5.32 Å². The van der Waals surface area contributed by atoms with Crippen molar-refractivity contribution in [2.24, 2.45) is 11.8 Å². The minimum atomic E-state index is 0.120. The molecule has 23 heavy (non-hydrogen) atoms. The molecule has 1 aromatic rings. The van der Waals surface area contributed by atoms with Crippen molar-refractivity contribution in [2.45, 2.75) is 46.2 Å². The summed E-state index contributed by atoms with van der Waals surface area (Å²) in [6, 6.07) is 5.83. The van der Waals surface area contributed by atoms with Gasteiger partial charge in [-0.1, -0.05) is 43.1 Å². The van der Waals surface area contributed by atoms with E-state index in [0.717, 1.165) is 38.0 Å². The van der Waals surface area contributed by atoms with Gasteiger partial charge in [-0.25, -0.2) is 0 Å². The number of carbonyl (C=O) groups is 1. The van der Waals surface area contributed by atoms with Crippen LogP contribution in [-0.4, -0.2) is 29.9 Å². The fourth-order valence-corrected chi connectivity index (χ4v) is 3.29. The second-order valence-electron chi connectivity index (χ2n) is 6.79. The maximum atomic E-state index is 12.3. The highest BCUT2D eigenvalue weighted by Gasteiger charge is 2.26. The monoisotopic (exact) mass is 356 g/mol. The number of benzene rings is 1. The lowest BCUT2D eigenvalue weighted by atomic mass is 9.94. The molecule has 0 aliphatic carbocycles. The van der Waals surface area contributed by atoms with Gasteiger partial charge in [0.2, 0.25) is 5.91 Å². The maximum absolute atomic E-state index is 12.3. The molecular formula is C18H26Cl2N2O. The Balaban J connectivity index is 1.85. The van der Waals surface area contributed by atoms with Gasteiger partial charge in [-0.15, -0.1) is 0 Å². The molecule has 2 rings (SSSR count). The van der Waals surface area contributed by atoms with Crippen LogP contribution in [0.2, 0.25) is 10.0 Å². The predicted octanol–water partition coefficient (Wildman–Crippen LogP) is 4.37. The molecule has 1 heterocycles. The fraction of sp³-hybridized carbons (Fsp3) is 0.611. The number of piperidine rings is 1. The van der Waals surface area contributed by atoms with Crippen LogP contribution in [0, 0.1) is 11.8 Å². The molecule has 0 bridgehead atoms. The van der Waals surface area contributed by atoms with Crippen LogP contribution in [0.1, 0.15) is 39.2 Å². The SMILES string of the molecule is CC(C)[C@H](C)NC(=O)C1CCN(Cc2c(Cl)cccc2Cl)CC1. The summed E-state index contributed by atoms with van der Waals surface area (Å²) in [5, 5.41) is 4.55. The van der Waals surface area contributed by atoms with E-state index in [0.29, 0.717) is 16.0 Å². The van der Waals surface area contributed by atoms with Gasteiger partial charge in [0.15, 0.2) is 0 Å². The van der Waals surface area contributed by atoms with Crippen LogP contribution in [-0.2, 0) is 11.3 Å². The molecular weight excluding hydrogens is 331 g/mol. The first-order valence-electron chi connectivity index (χ1n) is 8.34. The van der Waals surface area contributed by atoms with Gasteiger partial charge in [-0.2, -0.15) is 0 Å². The van der Waals surface area contributed by atoms with E-state index < -0.39 is 0 Å². The highest BCUT2D eigenvalue weighted by Crippen LogP contribution is 2.27. The first-order chi connectivity index (χ1) is 10.9. The molecule has 5 heteroatoms. The number of likely N-dealkylation sites (tertiary alicyclic amines) is 1. The normalized spacial score (nSPS) is 18.2. The molecule has 0 unspecified atom stereocenters. The number of halogens is 2. The van der Waals surface area contributed by atoms with Crippen LogP contribution >= 0.6 is 23.2 Å². The van der Waals surface area contributed by atoms with E-state index in [1.165, 1.54) is 0 Å². The molecule has 1 N–H and O–H groups in total. The predicted molar refractivity (Wildman–Crippen MR) is 96.9 cm³/mol. The van der Waals surface area contributed by atoms with Crippen molar-refractivity contribution in [3.63, 3.8) is 0 Å². The summed E-state index contributed by atoms with van der Waals surface area (Å²) in [5.74, 6) is 0.775. The number of amides is 1. The Morgan fingerprint density at radius 3 is 2.30 bits per heavy atom. The molecule has 1 aliphatic heterocycles. The lowest BCUT2D eigenvalue weighted by molar-refractivity contribution is -0.127. The summed E-state index contributed by atoms with van der Waals surface area (Å²) in [6.07, 6.45) is 1.78. The Hall–Kier alpha value is -0.770. The zero-order chi connectivity index (χ0) is 17.0. The topological polar surface area (TPSA) is 32.3 Å². The lowest BCUT2D eigenvalue weighted by Crippen LogP contribution is -2.44. The van der Waals surface area contributed by atoms with Crippen molar-refractivity contribution in [1.29, 1.82) is 0 Å². The van der Waals surface area contributed by atoms with Gasteiger partial charge in [0.25, 0.3) is 0 Å². The molecule has 1 amide bonds. The van der Waals surface area contributed by atoms with Crippen LogP contribution in [0.3, 0.4) is 0 Å². The van der Waals surface area contributed by atoms with Crippen molar-refractivity contribution >= 4 is 29.1 Å².